The first-order valence-electron chi connectivity index (χ1n) is 5.60. The van der Waals surface area contributed by atoms with Crippen LogP contribution in [0.3, 0.4) is 0 Å². The molecule has 1 aliphatic rings. The first-order valence-corrected chi connectivity index (χ1v) is 6.76. The Morgan fingerprint density at radius 1 is 1.56 bits per heavy atom. The molecule has 1 amide bonds. The van der Waals surface area contributed by atoms with Gasteiger partial charge in [-0.3, -0.25) is 0 Å². The lowest BCUT2D eigenvalue weighted by atomic mass is 10.00. The van der Waals surface area contributed by atoms with Gasteiger partial charge in [0.2, 0.25) is 0 Å². The van der Waals surface area contributed by atoms with Crippen LogP contribution in [0.1, 0.15) is 27.2 Å². The summed E-state index contributed by atoms with van der Waals surface area (Å²) in [6.07, 6.45) is 0.512. The standard InChI is InChI=1S/C11H21NO3S/c1-11(2,3)15-10(14)12-9-4-5-16-7-8(9)6-13/h8-9,13H,4-7H2,1-3H3,(H,12,14)/t8-,9-/m1/s1. The SMILES string of the molecule is CC(C)(C)OC(=O)N[C@@H]1CCSC[C@H]1CO. The summed E-state index contributed by atoms with van der Waals surface area (Å²) in [6, 6.07) is 0.0427. The average molecular weight is 247 g/mol. The van der Waals surface area contributed by atoms with Crippen molar-refractivity contribution < 1.29 is 14.6 Å². The minimum Gasteiger partial charge on any atom is -0.444 e. The molecule has 0 saturated carbocycles. The molecule has 1 fully saturated rings. The Morgan fingerprint density at radius 2 is 2.25 bits per heavy atom. The van der Waals surface area contributed by atoms with Gasteiger partial charge < -0.3 is 15.2 Å². The highest BCUT2D eigenvalue weighted by Gasteiger charge is 2.27. The van der Waals surface area contributed by atoms with Crippen LogP contribution in [-0.2, 0) is 4.74 Å². The maximum absolute atomic E-state index is 11.6. The number of aliphatic hydroxyl groups is 1. The third-order valence-electron chi connectivity index (χ3n) is 2.41. The van der Waals surface area contributed by atoms with Crippen LogP contribution in [0, 0.1) is 5.92 Å². The number of carbonyl (C=O) groups is 1. The predicted octanol–water partition coefficient (Wildman–Crippen LogP) is 1.63. The molecule has 1 heterocycles. The van der Waals surface area contributed by atoms with E-state index in [0.29, 0.717) is 0 Å². The van der Waals surface area contributed by atoms with Gasteiger partial charge in [-0.05, 0) is 32.9 Å². The molecule has 0 aromatic heterocycles. The molecular formula is C11H21NO3S. The first kappa shape index (κ1) is 13.6. The topological polar surface area (TPSA) is 58.6 Å². The van der Waals surface area contributed by atoms with Gasteiger partial charge in [-0.1, -0.05) is 0 Å². The van der Waals surface area contributed by atoms with Gasteiger partial charge in [0.15, 0.2) is 0 Å². The van der Waals surface area contributed by atoms with Crippen molar-refractivity contribution in [2.75, 3.05) is 18.1 Å². The lowest BCUT2D eigenvalue weighted by molar-refractivity contribution is 0.0474. The number of ether oxygens (including phenoxy) is 1. The van der Waals surface area contributed by atoms with Crippen molar-refractivity contribution in [2.45, 2.75) is 38.8 Å². The molecule has 16 heavy (non-hydrogen) atoms. The fourth-order valence-electron chi connectivity index (χ4n) is 1.63. The van der Waals surface area contributed by atoms with E-state index in [4.69, 9.17) is 4.74 Å². The quantitative estimate of drug-likeness (QED) is 0.778. The zero-order chi connectivity index (χ0) is 12.2. The third kappa shape index (κ3) is 4.61. The molecule has 0 aliphatic carbocycles. The number of hydrogen-bond acceptors (Lipinski definition) is 4. The van der Waals surface area contributed by atoms with Gasteiger partial charge in [0.05, 0.1) is 0 Å². The second kappa shape index (κ2) is 5.77. The Bertz CT molecular complexity index is 240. The van der Waals surface area contributed by atoms with E-state index in [1.807, 2.05) is 32.5 Å². The van der Waals surface area contributed by atoms with Crippen LogP contribution in [0.5, 0.6) is 0 Å². The molecule has 1 rings (SSSR count). The summed E-state index contributed by atoms with van der Waals surface area (Å²) in [7, 11) is 0. The number of alkyl carbamates (subject to hydrolysis) is 1. The van der Waals surface area contributed by atoms with Gasteiger partial charge in [-0.2, -0.15) is 11.8 Å². The number of nitrogens with one attached hydrogen (secondary N) is 1. The molecular weight excluding hydrogens is 226 g/mol. The van der Waals surface area contributed by atoms with Gasteiger partial charge in [0.1, 0.15) is 5.60 Å². The third-order valence-corrected chi connectivity index (χ3v) is 3.60. The Kier molecular flexibility index (Phi) is 4.92. The fraction of sp³-hybridized carbons (Fsp3) is 0.909. The average Bonchev–Trinajstić information content (AvgIpc) is 2.15. The van der Waals surface area contributed by atoms with Crippen molar-refractivity contribution in [3.05, 3.63) is 0 Å². The highest BCUT2D eigenvalue weighted by molar-refractivity contribution is 7.99. The Labute approximate surface area is 101 Å². The maximum atomic E-state index is 11.6. The van der Waals surface area contributed by atoms with E-state index < -0.39 is 5.60 Å². The molecule has 0 unspecified atom stereocenters. The minimum absolute atomic E-state index is 0.0427. The number of hydrogen-bond donors (Lipinski definition) is 2. The summed E-state index contributed by atoms with van der Waals surface area (Å²) in [5, 5.41) is 12.0. The van der Waals surface area contributed by atoms with Crippen LogP contribution in [0.15, 0.2) is 0 Å². The molecule has 2 atom stereocenters. The number of thioether (sulfide) groups is 1. The van der Waals surface area contributed by atoms with Crippen LogP contribution in [0.4, 0.5) is 4.79 Å². The fourth-order valence-corrected chi connectivity index (χ4v) is 2.85. The number of carbonyl (C=O) groups excluding carboxylic acids is 1. The van der Waals surface area contributed by atoms with Crippen LogP contribution in [-0.4, -0.2) is 41.0 Å². The molecule has 0 aromatic rings. The second-order valence-electron chi connectivity index (χ2n) is 5.06. The highest BCUT2D eigenvalue weighted by atomic mass is 32.2. The number of aliphatic hydroxyl groups excluding tert-OH is 1. The van der Waals surface area contributed by atoms with Crippen LogP contribution in [0.25, 0.3) is 0 Å². The van der Waals surface area contributed by atoms with E-state index in [9.17, 15) is 9.90 Å². The maximum Gasteiger partial charge on any atom is 0.407 e. The van der Waals surface area contributed by atoms with E-state index in [2.05, 4.69) is 5.32 Å². The largest absolute Gasteiger partial charge is 0.444 e. The summed E-state index contributed by atoms with van der Waals surface area (Å²) in [5.41, 5.74) is -0.470. The van der Waals surface area contributed by atoms with E-state index in [0.717, 1.165) is 17.9 Å². The van der Waals surface area contributed by atoms with E-state index >= 15 is 0 Å². The molecule has 94 valence electrons. The Morgan fingerprint density at radius 3 is 2.81 bits per heavy atom. The van der Waals surface area contributed by atoms with E-state index in [1.54, 1.807) is 0 Å². The van der Waals surface area contributed by atoms with Gasteiger partial charge in [-0.25, -0.2) is 4.79 Å². The van der Waals surface area contributed by atoms with Gasteiger partial charge in [-0.15, -0.1) is 0 Å². The highest BCUT2D eigenvalue weighted by Crippen LogP contribution is 2.23. The zero-order valence-electron chi connectivity index (χ0n) is 10.2. The predicted molar refractivity (Wildman–Crippen MR) is 65.7 cm³/mol. The molecule has 2 N–H and O–H groups in total. The molecule has 5 heteroatoms. The Hall–Kier alpha value is -0.420. The lowest BCUT2D eigenvalue weighted by Gasteiger charge is -2.31. The van der Waals surface area contributed by atoms with E-state index in [1.165, 1.54) is 0 Å². The second-order valence-corrected chi connectivity index (χ2v) is 6.21. The Balaban J connectivity index is 2.42. The summed E-state index contributed by atoms with van der Waals surface area (Å²) in [6.45, 7) is 5.64. The van der Waals surface area contributed by atoms with Gasteiger partial charge in [0.25, 0.3) is 0 Å². The molecule has 1 aliphatic heterocycles. The summed E-state index contributed by atoms with van der Waals surface area (Å²) < 4.78 is 5.19. The zero-order valence-corrected chi connectivity index (χ0v) is 11.0. The smallest absolute Gasteiger partial charge is 0.407 e. The first-order chi connectivity index (χ1) is 7.42. The molecule has 1 saturated heterocycles. The van der Waals surface area contributed by atoms with Crippen molar-refractivity contribution in [3.8, 4) is 0 Å². The van der Waals surface area contributed by atoms with Crippen molar-refractivity contribution in [3.63, 3.8) is 0 Å². The van der Waals surface area contributed by atoms with Crippen LogP contribution < -0.4 is 5.32 Å². The van der Waals surface area contributed by atoms with Crippen LogP contribution >= 0.6 is 11.8 Å². The van der Waals surface area contributed by atoms with Crippen molar-refractivity contribution in [1.29, 1.82) is 0 Å². The monoisotopic (exact) mass is 247 g/mol. The van der Waals surface area contributed by atoms with E-state index in [-0.39, 0.29) is 24.7 Å². The molecule has 0 aromatic carbocycles. The van der Waals surface area contributed by atoms with Crippen LogP contribution in [0.2, 0.25) is 0 Å². The minimum atomic E-state index is -0.470. The van der Waals surface area contributed by atoms with Gasteiger partial charge >= 0.3 is 6.09 Å². The molecule has 0 bridgehead atoms. The van der Waals surface area contributed by atoms with Crippen molar-refractivity contribution in [1.82, 2.24) is 5.32 Å². The van der Waals surface area contributed by atoms with Crippen molar-refractivity contribution in [2.24, 2.45) is 5.92 Å². The molecule has 0 radical (unpaired) electrons. The summed E-state index contributed by atoms with van der Waals surface area (Å²) in [5.74, 6) is 2.07. The molecule has 4 nitrogen and oxygen atoms in total. The summed E-state index contributed by atoms with van der Waals surface area (Å²) in [4.78, 5) is 11.6. The normalized spacial score (nSPS) is 26.2. The van der Waals surface area contributed by atoms with Crippen molar-refractivity contribution >= 4 is 17.9 Å². The molecule has 0 spiro atoms. The number of rotatable bonds is 2. The summed E-state index contributed by atoms with van der Waals surface area (Å²) >= 11 is 1.82. The van der Waals surface area contributed by atoms with Gasteiger partial charge in [0, 0.05) is 24.3 Å². The number of amides is 1. The lowest BCUT2D eigenvalue weighted by Crippen LogP contribution is -2.46.